The first kappa shape index (κ1) is 122. The number of nitrogens with zero attached hydrogens (tertiary/aromatic N) is 4. The van der Waals surface area contributed by atoms with Crippen LogP contribution in [0.2, 0.25) is 0 Å². The van der Waals surface area contributed by atoms with Crippen LogP contribution in [0.25, 0.3) is 0 Å². The molecule has 720 valence electrons. The Bertz CT molecular complexity index is 2170. The number of ether oxygens (including phenoxy) is 7. The normalized spacial score (nSPS) is 12.4. The maximum absolute atomic E-state index is 12.9. The summed E-state index contributed by atoms with van der Waals surface area (Å²) < 4.78 is 40.1. The van der Waals surface area contributed by atoms with E-state index in [4.69, 9.17) is 33.2 Å². The highest BCUT2D eigenvalue weighted by Crippen LogP contribution is 2.25. The minimum Gasteiger partial charge on any atom is -0.465 e. The van der Waals surface area contributed by atoms with Crippen molar-refractivity contribution < 1.29 is 61.9 Å². The number of hydrogen-bond donors (Lipinski definition) is 0. The Balaban J connectivity index is -0.00000208. The van der Waals surface area contributed by atoms with Gasteiger partial charge < -0.3 is 47.8 Å². The molecular formula is C104H206N4O13. The van der Waals surface area contributed by atoms with E-state index in [9.17, 15) is 28.8 Å². The largest absolute Gasteiger partial charge is 0.508 e. The molecule has 4 unspecified atom stereocenters. The van der Waals surface area contributed by atoms with Crippen LogP contribution in [0.5, 0.6) is 0 Å². The molecule has 0 aliphatic rings. The monoisotopic (exact) mass is 1720 g/mol. The summed E-state index contributed by atoms with van der Waals surface area (Å²) in [6.07, 6.45) is 70.2. The number of Topliss-reactive ketones (excluding diaryl/α,β-unsaturated/α-hetero) is 1. The van der Waals surface area contributed by atoms with Gasteiger partial charge in [-0.05, 0) is 161 Å². The van der Waals surface area contributed by atoms with Gasteiger partial charge in [0.15, 0.2) is 0 Å². The van der Waals surface area contributed by atoms with Gasteiger partial charge in [0.05, 0.1) is 13.2 Å². The van der Waals surface area contributed by atoms with Crippen LogP contribution in [0, 0.1) is 11.8 Å². The first-order chi connectivity index (χ1) is 59.0. The van der Waals surface area contributed by atoms with E-state index in [1.54, 1.807) is 6.92 Å². The van der Waals surface area contributed by atoms with Crippen LogP contribution < -0.4 is 0 Å². The van der Waals surface area contributed by atoms with Gasteiger partial charge in [0, 0.05) is 71.5 Å². The van der Waals surface area contributed by atoms with E-state index in [0.717, 1.165) is 220 Å². The Morgan fingerprint density at radius 3 is 0.711 bits per heavy atom. The van der Waals surface area contributed by atoms with Crippen LogP contribution in [0.3, 0.4) is 0 Å². The fourth-order valence-electron chi connectivity index (χ4n) is 15.9. The van der Waals surface area contributed by atoms with E-state index in [2.05, 4.69) is 110 Å². The molecule has 0 fully saturated rings. The average molecular weight is 1720 g/mol. The third-order valence-corrected chi connectivity index (χ3v) is 24.3. The van der Waals surface area contributed by atoms with E-state index < -0.39 is 12.3 Å². The zero-order valence-electron chi connectivity index (χ0n) is 83.0. The lowest BCUT2D eigenvalue weighted by Crippen LogP contribution is -2.39. The first-order valence-corrected chi connectivity index (χ1v) is 52.6. The summed E-state index contributed by atoms with van der Waals surface area (Å²) in [5.41, 5.74) is 0. The van der Waals surface area contributed by atoms with Gasteiger partial charge >= 0.3 is 30.2 Å². The molecule has 0 bridgehead atoms. The summed E-state index contributed by atoms with van der Waals surface area (Å²) in [4.78, 5) is 82.8. The number of rotatable bonds is 91. The minimum atomic E-state index is -0.578. The highest BCUT2D eigenvalue weighted by atomic mass is 16.7. The Labute approximate surface area is 750 Å². The SMILES string of the molecule is CCCCCCCC(C)=O.CCCCCCCCC(CCCCCC)COC(=O)CCCCCCCCC(CCCCCC)OC(=O)OCCN(CCC)CCN(CC)CC.CCCCCCCCC(CCCCCC)COC(=O)CCCCCCCCC(CCCCCC)OC(=O)OCCN(CCOC(=O)CCCCCCC)CCN(CC)CC. The van der Waals surface area contributed by atoms with Crippen LogP contribution >= 0.6 is 0 Å². The number of likely N-dealkylation sites (N-methyl/N-ethyl adjacent to an activating group) is 2. The lowest BCUT2D eigenvalue weighted by Gasteiger charge is -2.26. The lowest BCUT2D eigenvalue weighted by atomic mass is 9.95. The van der Waals surface area contributed by atoms with E-state index in [-0.39, 0.29) is 36.7 Å². The van der Waals surface area contributed by atoms with Gasteiger partial charge in [-0.2, -0.15) is 0 Å². The summed E-state index contributed by atoms with van der Waals surface area (Å²) in [5.74, 6) is 1.22. The average Bonchev–Trinajstić information content (AvgIpc) is 0.981. The van der Waals surface area contributed by atoms with Crippen molar-refractivity contribution in [2.24, 2.45) is 11.8 Å². The van der Waals surface area contributed by atoms with Gasteiger partial charge in [0.2, 0.25) is 0 Å². The van der Waals surface area contributed by atoms with Crippen molar-refractivity contribution in [3.8, 4) is 0 Å². The second-order valence-electron chi connectivity index (χ2n) is 35.6. The summed E-state index contributed by atoms with van der Waals surface area (Å²) in [7, 11) is 0. The quantitative estimate of drug-likeness (QED) is 0.0318. The lowest BCUT2D eigenvalue weighted by molar-refractivity contribution is -0.146. The Hall–Kier alpha value is -3.54. The van der Waals surface area contributed by atoms with E-state index in [1.165, 1.54) is 231 Å². The molecule has 0 radical (unpaired) electrons. The van der Waals surface area contributed by atoms with Crippen molar-refractivity contribution in [1.82, 2.24) is 19.6 Å². The first-order valence-electron chi connectivity index (χ1n) is 52.6. The van der Waals surface area contributed by atoms with Gasteiger partial charge in [-0.3, -0.25) is 24.2 Å². The van der Waals surface area contributed by atoms with E-state index >= 15 is 0 Å². The van der Waals surface area contributed by atoms with Crippen LogP contribution in [0.1, 0.15) is 501 Å². The number of esters is 3. The summed E-state index contributed by atoms with van der Waals surface area (Å²) in [6.45, 7) is 43.5. The number of ketones is 1. The molecule has 0 aliphatic carbocycles. The van der Waals surface area contributed by atoms with Gasteiger partial charge in [0.1, 0.15) is 37.8 Å². The van der Waals surface area contributed by atoms with Gasteiger partial charge in [-0.15, -0.1) is 0 Å². The smallest absolute Gasteiger partial charge is 0.465 e. The van der Waals surface area contributed by atoms with Crippen molar-refractivity contribution in [2.75, 3.05) is 112 Å². The molecule has 17 heteroatoms. The number of unbranched alkanes of at least 4 members (excludes halogenated alkanes) is 40. The molecule has 0 N–H and O–H groups in total. The molecule has 0 aromatic heterocycles. The second-order valence-corrected chi connectivity index (χ2v) is 35.6. The van der Waals surface area contributed by atoms with Crippen molar-refractivity contribution >= 4 is 36.0 Å². The van der Waals surface area contributed by atoms with Gasteiger partial charge in [-0.1, -0.05) is 360 Å². The maximum Gasteiger partial charge on any atom is 0.508 e. The zero-order valence-corrected chi connectivity index (χ0v) is 83.0. The van der Waals surface area contributed by atoms with Crippen LogP contribution in [0.4, 0.5) is 9.59 Å². The van der Waals surface area contributed by atoms with Crippen LogP contribution in [-0.4, -0.2) is 179 Å². The van der Waals surface area contributed by atoms with Gasteiger partial charge in [-0.25, -0.2) is 9.59 Å². The Morgan fingerprint density at radius 2 is 0.438 bits per heavy atom. The number of hydrogen-bond acceptors (Lipinski definition) is 17. The molecule has 0 aromatic rings. The molecule has 4 atom stereocenters. The maximum atomic E-state index is 12.9. The van der Waals surface area contributed by atoms with Gasteiger partial charge in [0.25, 0.3) is 0 Å². The van der Waals surface area contributed by atoms with Crippen molar-refractivity contribution in [3.63, 3.8) is 0 Å². The standard InChI is InChI=1S/C51H100N2O7.C44H88N2O5.C9H18O/c1-7-13-17-21-25-29-35-47(34-28-19-15-9-3)46-59-50(55)39-33-27-23-22-26-31-37-48(36-30-20-16-10-4)60-51(56)58-45-43-53(41-40-52(11-5)12-6)42-44-57-49(54)38-32-24-18-14-8-2;1-7-13-16-19-22-26-31-41(30-25-17-14-8-2)40-50-43(47)34-29-24-21-20-23-28-33-42(32-27-18-15-9-3)51-44(48)49-39-38-46(35-10-4)37-36-45(11-5)12-6;1-3-4-5-6-7-8-9(2)10/h47-48H,7-46H2,1-6H3;41-42H,7-40H2,1-6H3;3-8H2,1-2H3. The van der Waals surface area contributed by atoms with Crippen LogP contribution in [-0.2, 0) is 52.3 Å². The third kappa shape index (κ3) is 91.0. The molecule has 0 amide bonds. The molecule has 0 rings (SSSR count). The summed E-state index contributed by atoms with van der Waals surface area (Å²) in [6, 6.07) is 0. The highest BCUT2D eigenvalue weighted by molar-refractivity contribution is 5.75. The second kappa shape index (κ2) is 98.6. The minimum absolute atomic E-state index is 0.0100. The molecule has 0 aliphatic heterocycles. The molecule has 0 saturated heterocycles. The third-order valence-electron chi connectivity index (χ3n) is 24.3. The molecule has 0 aromatic carbocycles. The van der Waals surface area contributed by atoms with Crippen molar-refractivity contribution in [2.45, 2.75) is 514 Å². The van der Waals surface area contributed by atoms with Crippen LogP contribution in [0.15, 0.2) is 0 Å². The summed E-state index contributed by atoms with van der Waals surface area (Å²) >= 11 is 0. The highest BCUT2D eigenvalue weighted by Gasteiger charge is 2.21. The predicted molar refractivity (Wildman–Crippen MR) is 513 cm³/mol. The predicted octanol–water partition coefficient (Wildman–Crippen LogP) is 29.5. The number of carbonyl (C=O) groups is 6. The molecule has 0 spiro atoms. The zero-order chi connectivity index (χ0) is 89.6. The van der Waals surface area contributed by atoms with E-state index in [0.29, 0.717) is 76.4 Å². The van der Waals surface area contributed by atoms with Crippen molar-refractivity contribution in [3.05, 3.63) is 0 Å². The Kier molecular flexibility index (Phi) is 99.1. The molecule has 121 heavy (non-hydrogen) atoms. The molecule has 17 nitrogen and oxygen atoms in total. The summed E-state index contributed by atoms with van der Waals surface area (Å²) in [5, 5.41) is 0. The molecule has 0 saturated carbocycles. The van der Waals surface area contributed by atoms with Crippen molar-refractivity contribution in [1.29, 1.82) is 0 Å². The number of carbonyl (C=O) groups excluding carboxylic acids is 6. The fraction of sp³-hybridized carbons (Fsp3) is 0.942. The van der Waals surface area contributed by atoms with E-state index in [1.807, 2.05) is 0 Å². The molecular weight excluding hydrogens is 1510 g/mol. The topological polar surface area (TPSA) is 180 Å². The Morgan fingerprint density at radius 1 is 0.215 bits per heavy atom. The molecule has 0 heterocycles. The fourth-order valence-corrected chi connectivity index (χ4v) is 15.9.